The normalized spacial score (nSPS) is 11.0. The van der Waals surface area contributed by atoms with Gasteiger partial charge >= 0.3 is 0 Å². The molecule has 0 N–H and O–H groups in total. The van der Waals surface area contributed by atoms with Crippen molar-refractivity contribution in [3.8, 4) is 21.7 Å². The van der Waals surface area contributed by atoms with Crippen molar-refractivity contribution < 1.29 is 0 Å². The van der Waals surface area contributed by atoms with Crippen LogP contribution in [0.5, 0.6) is 0 Å². The third-order valence-corrected chi connectivity index (χ3v) is 5.12. The van der Waals surface area contributed by atoms with Gasteiger partial charge in [-0.1, -0.05) is 60.7 Å². The van der Waals surface area contributed by atoms with Gasteiger partial charge in [0.2, 0.25) is 0 Å². The lowest BCUT2D eigenvalue weighted by atomic mass is 10.0. The maximum absolute atomic E-state index is 4.84. The van der Waals surface area contributed by atoms with Gasteiger partial charge in [-0.05, 0) is 42.2 Å². The Morgan fingerprint density at radius 1 is 0.739 bits per heavy atom. The van der Waals surface area contributed by atoms with Crippen LogP contribution in [0.25, 0.3) is 31.9 Å². The zero-order valence-electron chi connectivity index (χ0n) is 13.2. The van der Waals surface area contributed by atoms with E-state index in [1.807, 2.05) is 6.07 Å². The molecule has 2 heteroatoms. The smallest absolute Gasteiger partial charge is 0.124 e. The molecule has 0 saturated heterocycles. The Labute approximate surface area is 140 Å². The van der Waals surface area contributed by atoms with E-state index in [-0.39, 0.29) is 0 Å². The van der Waals surface area contributed by atoms with Gasteiger partial charge in [0.1, 0.15) is 5.01 Å². The summed E-state index contributed by atoms with van der Waals surface area (Å²) >= 11 is 1.77. The molecule has 0 aliphatic rings. The summed E-state index contributed by atoms with van der Waals surface area (Å²) in [5, 5.41) is 1.09. The van der Waals surface area contributed by atoms with Crippen molar-refractivity contribution in [1.82, 2.24) is 4.98 Å². The van der Waals surface area contributed by atoms with Crippen LogP contribution in [0.4, 0.5) is 0 Å². The van der Waals surface area contributed by atoms with Crippen molar-refractivity contribution in [2.24, 2.45) is 0 Å². The van der Waals surface area contributed by atoms with Crippen LogP contribution in [0.3, 0.4) is 0 Å². The lowest BCUT2D eigenvalue weighted by Gasteiger charge is -2.02. The quantitative estimate of drug-likeness (QED) is 0.426. The van der Waals surface area contributed by atoms with E-state index in [1.165, 1.54) is 32.5 Å². The van der Waals surface area contributed by atoms with Crippen LogP contribution < -0.4 is 0 Å². The molecule has 112 valence electrons. The van der Waals surface area contributed by atoms with Crippen molar-refractivity contribution in [2.45, 2.75) is 13.8 Å². The summed E-state index contributed by atoms with van der Waals surface area (Å²) in [6, 6.07) is 23.6. The molecular formula is C21H17NS. The second-order valence-corrected chi connectivity index (χ2v) is 6.92. The standard InChI is InChI=1S/C21H17NS/c1-14-12-15(2)20-19(13-14)23-21(22-20)18-10-8-17(9-11-18)16-6-4-3-5-7-16/h3-13H,1-2H3. The zero-order valence-corrected chi connectivity index (χ0v) is 14.0. The molecule has 4 aromatic rings. The molecule has 1 nitrogen and oxygen atoms in total. The molecule has 0 bridgehead atoms. The Kier molecular flexibility index (Phi) is 3.47. The minimum Gasteiger partial charge on any atom is -0.236 e. The SMILES string of the molecule is Cc1cc(C)c2nc(-c3ccc(-c4ccccc4)cc3)sc2c1. The van der Waals surface area contributed by atoms with Crippen molar-refractivity contribution in [3.05, 3.63) is 77.9 Å². The first-order chi connectivity index (χ1) is 11.2. The molecule has 0 unspecified atom stereocenters. The Morgan fingerprint density at radius 3 is 2.13 bits per heavy atom. The van der Waals surface area contributed by atoms with E-state index in [2.05, 4.69) is 74.5 Å². The van der Waals surface area contributed by atoms with Gasteiger partial charge in [-0.3, -0.25) is 0 Å². The van der Waals surface area contributed by atoms with E-state index in [1.54, 1.807) is 11.3 Å². The topological polar surface area (TPSA) is 12.9 Å². The number of hydrogen-bond donors (Lipinski definition) is 0. The largest absolute Gasteiger partial charge is 0.236 e. The van der Waals surface area contributed by atoms with Gasteiger partial charge in [0.15, 0.2) is 0 Å². The van der Waals surface area contributed by atoms with E-state index in [4.69, 9.17) is 4.98 Å². The Morgan fingerprint density at radius 2 is 1.39 bits per heavy atom. The fraction of sp³-hybridized carbons (Fsp3) is 0.0952. The van der Waals surface area contributed by atoms with Crippen LogP contribution in [0, 0.1) is 13.8 Å². The van der Waals surface area contributed by atoms with Crippen molar-refractivity contribution in [2.75, 3.05) is 0 Å². The summed E-state index contributed by atoms with van der Waals surface area (Å²) in [6.07, 6.45) is 0. The average Bonchev–Trinajstić information content (AvgIpc) is 3.00. The number of benzene rings is 3. The van der Waals surface area contributed by atoms with Crippen LogP contribution in [0.2, 0.25) is 0 Å². The number of aromatic nitrogens is 1. The van der Waals surface area contributed by atoms with Crippen molar-refractivity contribution >= 4 is 21.6 Å². The van der Waals surface area contributed by atoms with Crippen LogP contribution in [-0.2, 0) is 0 Å². The molecule has 1 aromatic heterocycles. The van der Waals surface area contributed by atoms with Crippen LogP contribution in [0.1, 0.15) is 11.1 Å². The van der Waals surface area contributed by atoms with E-state index >= 15 is 0 Å². The average molecular weight is 315 g/mol. The first-order valence-corrected chi connectivity index (χ1v) is 8.56. The predicted octanol–water partition coefficient (Wildman–Crippen LogP) is 6.25. The number of hydrogen-bond acceptors (Lipinski definition) is 2. The minimum atomic E-state index is 1.09. The summed E-state index contributed by atoms with van der Waals surface area (Å²) < 4.78 is 1.27. The van der Waals surface area contributed by atoms with E-state index in [0.717, 1.165) is 10.5 Å². The van der Waals surface area contributed by atoms with E-state index in [0.29, 0.717) is 0 Å². The maximum Gasteiger partial charge on any atom is 0.124 e. The van der Waals surface area contributed by atoms with Crippen LogP contribution in [-0.4, -0.2) is 4.98 Å². The first-order valence-electron chi connectivity index (χ1n) is 7.74. The molecule has 0 atom stereocenters. The van der Waals surface area contributed by atoms with Gasteiger partial charge in [-0.15, -0.1) is 11.3 Å². The van der Waals surface area contributed by atoms with Crippen molar-refractivity contribution in [3.63, 3.8) is 0 Å². The predicted molar refractivity (Wildman–Crippen MR) is 100.0 cm³/mol. The van der Waals surface area contributed by atoms with Gasteiger partial charge in [0.05, 0.1) is 10.2 Å². The van der Waals surface area contributed by atoms with E-state index in [9.17, 15) is 0 Å². The van der Waals surface area contributed by atoms with Gasteiger partial charge in [-0.2, -0.15) is 0 Å². The lowest BCUT2D eigenvalue weighted by molar-refractivity contribution is 1.38. The zero-order chi connectivity index (χ0) is 15.8. The molecule has 0 spiro atoms. The highest BCUT2D eigenvalue weighted by Crippen LogP contribution is 2.33. The fourth-order valence-corrected chi connectivity index (χ4v) is 4.08. The third-order valence-electron chi connectivity index (χ3n) is 4.07. The van der Waals surface area contributed by atoms with Gasteiger partial charge in [-0.25, -0.2) is 4.98 Å². The fourth-order valence-electron chi connectivity index (χ4n) is 2.93. The molecule has 23 heavy (non-hydrogen) atoms. The highest BCUT2D eigenvalue weighted by Gasteiger charge is 2.09. The molecule has 0 amide bonds. The summed E-state index contributed by atoms with van der Waals surface area (Å²) in [7, 11) is 0. The Balaban J connectivity index is 1.75. The van der Waals surface area contributed by atoms with Crippen molar-refractivity contribution in [1.29, 1.82) is 0 Å². The Hall–Kier alpha value is -2.45. The molecule has 0 aliphatic carbocycles. The number of fused-ring (bicyclic) bond motifs is 1. The summed E-state index contributed by atoms with van der Waals surface area (Å²) in [5.74, 6) is 0. The van der Waals surface area contributed by atoms with Gasteiger partial charge in [0.25, 0.3) is 0 Å². The lowest BCUT2D eigenvalue weighted by Crippen LogP contribution is -1.81. The molecule has 4 rings (SSSR count). The summed E-state index contributed by atoms with van der Waals surface area (Å²) in [6.45, 7) is 4.28. The molecule has 3 aromatic carbocycles. The molecule has 0 saturated carbocycles. The monoisotopic (exact) mass is 315 g/mol. The molecule has 0 aliphatic heterocycles. The number of aryl methyl sites for hydroxylation is 2. The van der Waals surface area contributed by atoms with Crippen LogP contribution in [0.15, 0.2) is 66.7 Å². The van der Waals surface area contributed by atoms with E-state index < -0.39 is 0 Å². The first kappa shape index (κ1) is 14.2. The summed E-state index contributed by atoms with van der Waals surface area (Å²) in [4.78, 5) is 4.84. The highest BCUT2D eigenvalue weighted by atomic mass is 32.1. The number of nitrogens with zero attached hydrogens (tertiary/aromatic N) is 1. The van der Waals surface area contributed by atoms with Gasteiger partial charge < -0.3 is 0 Å². The van der Waals surface area contributed by atoms with Crippen LogP contribution >= 0.6 is 11.3 Å². The second kappa shape index (κ2) is 5.64. The molecule has 0 fully saturated rings. The second-order valence-electron chi connectivity index (χ2n) is 5.89. The number of thiazole rings is 1. The molecule has 1 heterocycles. The minimum absolute atomic E-state index is 1.09. The maximum atomic E-state index is 4.84. The number of rotatable bonds is 2. The highest BCUT2D eigenvalue weighted by molar-refractivity contribution is 7.21. The molecular weight excluding hydrogens is 298 g/mol. The molecule has 0 radical (unpaired) electrons. The Bertz CT molecular complexity index is 966. The van der Waals surface area contributed by atoms with Gasteiger partial charge in [0, 0.05) is 5.56 Å². The summed E-state index contributed by atoms with van der Waals surface area (Å²) in [5.41, 5.74) is 7.34. The third kappa shape index (κ3) is 2.66.